The summed E-state index contributed by atoms with van der Waals surface area (Å²) in [6, 6.07) is 3.38. The Hall–Kier alpha value is -1.72. The standard InChI is InChI=1S/C12H12F3NO2/c1-11(10(17)18)5-4-7-2-3-8(12(13,14)15)6-9(7)16-11/h2-3,6,16H,4-5H2,1H3,(H,17,18). The Morgan fingerprint density at radius 1 is 1.44 bits per heavy atom. The summed E-state index contributed by atoms with van der Waals surface area (Å²) < 4.78 is 37.7. The van der Waals surface area contributed by atoms with Crippen LogP contribution in [0, 0.1) is 0 Å². The van der Waals surface area contributed by atoms with Crippen LogP contribution < -0.4 is 5.32 Å². The summed E-state index contributed by atoms with van der Waals surface area (Å²) in [5.41, 5.74) is -1.02. The molecular weight excluding hydrogens is 247 g/mol. The second kappa shape index (κ2) is 3.90. The molecule has 0 spiro atoms. The summed E-state index contributed by atoms with van der Waals surface area (Å²) in [6.45, 7) is 1.47. The highest BCUT2D eigenvalue weighted by molar-refractivity contribution is 5.83. The zero-order chi connectivity index (χ0) is 13.6. The fourth-order valence-corrected chi connectivity index (χ4v) is 1.99. The second-order valence-corrected chi connectivity index (χ2v) is 4.63. The Kier molecular flexibility index (Phi) is 2.76. The van der Waals surface area contributed by atoms with E-state index >= 15 is 0 Å². The summed E-state index contributed by atoms with van der Waals surface area (Å²) in [7, 11) is 0. The number of nitrogens with one attached hydrogen (secondary N) is 1. The fraction of sp³-hybridized carbons (Fsp3) is 0.417. The van der Waals surface area contributed by atoms with E-state index in [1.54, 1.807) is 0 Å². The molecule has 0 radical (unpaired) electrons. The van der Waals surface area contributed by atoms with Crippen LogP contribution in [0.5, 0.6) is 0 Å². The van der Waals surface area contributed by atoms with Crippen molar-refractivity contribution in [3.63, 3.8) is 0 Å². The molecule has 1 aliphatic rings. The summed E-state index contributed by atoms with van der Waals surface area (Å²) in [4.78, 5) is 11.1. The number of aryl methyl sites for hydroxylation is 1. The maximum atomic E-state index is 12.6. The first-order valence-corrected chi connectivity index (χ1v) is 5.44. The van der Waals surface area contributed by atoms with E-state index in [0.29, 0.717) is 18.4 Å². The van der Waals surface area contributed by atoms with Gasteiger partial charge in [0, 0.05) is 5.69 Å². The topological polar surface area (TPSA) is 49.3 Å². The van der Waals surface area contributed by atoms with Crippen molar-refractivity contribution < 1.29 is 23.1 Å². The number of benzene rings is 1. The number of fused-ring (bicyclic) bond motifs is 1. The van der Waals surface area contributed by atoms with Crippen molar-refractivity contribution in [2.24, 2.45) is 0 Å². The zero-order valence-electron chi connectivity index (χ0n) is 9.64. The molecule has 0 bridgehead atoms. The Morgan fingerprint density at radius 3 is 2.67 bits per heavy atom. The molecule has 0 fully saturated rings. The van der Waals surface area contributed by atoms with Gasteiger partial charge in [-0.2, -0.15) is 13.2 Å². The molecular formula is C12H12F3NO2. The molecule has 3 nitrogen and oxygen atoms in total. The third-order valence-corrected chi connectivity index (χ3v) is 3.21. The quantitative estimate of drug-likeness (QED) is 0.815. The van der Waals surface area contributed by atoms with Gasteiger partial charge in [0.05, 0.1) is 5.56 Å². The van der Waals surface area contributed by atoms with Crippen LogP contribution in [0.1, 0.15) is 24.5 Å². The van der Waals surface area contributed by atoms with Crippen LogP contribution in [0.15, 0.2) is 18.2 Å². The van der Waals surface area contributed by atoms with Crippen molar-refractivity contribution >= 4 is 11.7 Å². The third kappa shape index (κ3) is 2.14. The number of hydrogen-bond donors (Lipinski definition) is 2. The van der Waals surface area contributed by atoms with Gasteiger partial charge in [-0.25, -0.2) is 4.79 Å². The van der Waals surface area contributed by atoms with E-state index < -0.39 is 23.2 Å². The minimum Gasteiger partial charge on any atom is -0.480 e. The lowest BCUT2D eigenvalue weighted by Gasteiger charge is -2.33. The minimum absolute atomic E-state index is 0.251. The van der Waals surface area contributed by atoms with Gasteiger partial charge < -0.3 is 10.4 Å². The number of rotatable bonds is 1. The van der Waals surface area contributed by atoms with Crippen LogP contribution in [0.25, 0.3) is 0 Å². The normalized spacial score (nSPS) is 23.1. The van der Waals surface area contributed by atoms with Gasteiger partial charge >= 0.3 is 12.1 Å². The first kappa shape index (κ1) is 12.7. The lowest BCUT2D eigenvalue weighted by atomic mass is 9.87. The van der Waals surface area contributed by atoms with E-state index in [0.717, 1.165) is 12.1 Å². The highest BCUT2D eigenvalue weighted by Crippen LogP contribution is 2.36. The molecule has 1 aromatic rings. The van der Waals surface area contributed by atoms with E-state index in [2.05, 4.69) is 5.32 Å². The van der Waals surface area contributed by atoms with Crippen molar-refractivity contribution in [1.29, 1.82) is 0 Å². The maximum Gasteiger partial charge on any atom is 0.416 e. The van der Waals surface area contributed by atoms with Gasteiger partial charge in [-0.3, -0.25) is 0 Å². The molecule has 1 unspecified atom stereocenters. The molecule has 0 amide bonds. The van der Waals surface area contributed by atoms with Crippen LogP contribution >= 0.6 is 0 Å². The molecule has 18 heavy (non-hydrogen) atoms. The predicted octanol–water partition coefficient (Wildman–Crippen LogP) is 2.91. The average molecular weight is 259 g/mol. The highest BCUT2D eigenvalue weighted by atomic mass is 19.4. The lowest BCUT2D eigenvalue weighted by Crippen LogP contribution is -2.46. The minimum atomic E-state index is -4.42. The Labute approximate surface area is 102 Å². The lowest BCUT2D eigenvalue weighted by molar-refractivity contribution is -0.142. The number of carbonyl (C=O) groups is 1. The molecule has 1 atom stereocenters. The largest absolute Gasteiger partial charge is 0.480 e. The molecule has 0 saturated heterocycles. The van der Waals surface area contributed by atoms with E-state index in [1.165, 1.54) is 13.0 Å². The predicted molar refractivity (Wildman–Crippen MR) is 59.4 cm³/mol. The van der Waals surface area contributed by atoms with E-state index in [9.17, 15) is 18.0 Å². The van der Waals surface area contributed by atoms with Crippen LogP contribution in [-0.4, -0.2) is 16.6 Å². The van der Waals surface area contributed by atoms with Crippen molar-refractivity contribution in [2.75, 3.05) is 5.32 Å². The Balaban J connectivity index is 2.39. The number of halogens is 3. The summed E-state index contributed by atoms with van der Waals surface area (Å²) in [6.07, 6.45) is -3.63. The molecule has 2 rings (SSSR count). The molecule has 2 N–H and O–H groups in total. The summed E-state index contributed by atoms with van der Waals surface area (Å²) in [5.74, 6) is -1.06. The molecule has 0 saturated carbocycles. The summed E-state index contributed by atoms with van der Waals surface area (Å²) >= 11 is 0. The molecule has 1 heterocycles. The zero-order valence-corrected chi connectivity index (χ0v) is 9.64. The number of hydrogen-bond acceptors (Lipinski definition) is 2. The van der Waals surface area contributed by atoms with E-state index in [4.69, 9.17) is 5.11 Å². The SMILES string of the molecule is CC1(C(=O)O)CCc2ccc(C(F)(F)F)cc2N1. The fourth-order valence-electron chi connectivity index (χ4n) is 1.99. The maximum absolute atomic E-state index is 12.6. The molecule has 1 aliphatic heterocycles. The van der Waals surface area contributed by atoms with Gasteiger partial charge in [-0.15, -0.1) is 0 Å². The number of anilines is 1. The molecule has 1 aromatic carbocycles. The second-order valence-electron chi connectivity index (χ2n) is 4.63. The van der Waals surface area contributed by atoms with Crippen LogP contribution in [0.3, 0.4) is 0 Å². The van der Waals surface area contributed by atoms with Gasteiger partial charge in [0.15, 0.2) is 0 Å². The number of alkyl halides is 3. The van der Waals surface area contributed by atoms with Crippen molar-refractivity contribution in [1.82, 2.24) is 0 Å². The Bertz CT molecular complexity index is 499. The van der Waals surface area contributed by atoms with Crippen LogP contribution in [0.4, 0.5) is 18.9 Å². The van der Waals surface area contributed by atoms with Crippen LogP contribution in [-0.2, 0) is 17.4 Å². The van der Waals surface area contributed by atoms with Gasteiger partial charge in [0.1, 0.15) is 5.54 Å². The van der Waals surface area contributed by atoms with E-state index in [-0.39, 0.29) is 5.69 Å². The molecule has 0 aliphatic carbocycles. The van der Waals surface area contributed by atoms with Gasteiger partial charge in [0.2, 0.25) is 0 Å². The highest BCUT2D eigenvalue weighted by Gasteiger charge is 2.38. The van der Waals surface area contributed by atoms with Gasteiger partial charge in [0.25, 0.3) is 0 Å². The van der Waals surface area contributed by atoms with Crippen molar-refractivity contribution in [3.05, 3.63) is 29.3 Å². The summed E-state index contributed by atoms with van der Waals surface area (Å²) in [5, 5.41) is 11.8. The first-order chi connectivity index (χ1) is 8.22. The average Bonchev–Trinajstić information content (AvgIpc) is 2.26. The first-order valence-electron chi connectivity index (χ1n) is 5.44. The van der Waals surface area contributed by atoms with Gasteiger partial charge in [-0.1, -0.05) is 6.07 Å². The number of carboxylic acid groups (broad SMARTS) is 1. The van der Waals surface area contributed by atoms with Crippen molar-refractivity contribution in [2.45, 2.75) is 31.5 Å². The molecule has 0 aromatic heterocycles. The molecule has 98 valence electrons. The van der Waals surface area contributed by atoms with Gasteiger partial charge in [-0.05, 0) is 37.5 Å². The van der Waals surface area contributed by atoms with E-state index in [1.807, 2.05) is 0 Å². The third-order valence-electron chi connectivity index (χ3n) is 3.21. The molecule has 6 heteroatoms. The smallest absolute Gasteiger partial charge is 0.416 e. The number of aliphatic carboxylic acids is 1. The number of carboxylic acids is 1. The Morgan fingerprint density at radius 2 is 2.11 bits per heavy atom. The van der Waals surface area contributed by atoms with Crippen molar-refractivity contribution in [3.8, 4) is 0 Å². The monoisotopic (exact) mass is 259 g/mol. The van der Waals surface area contributed by atoms with Crippen LogP contribution in [0.2, 0.25) is 0 Å².